The van der Waals surface area contributed by atoms with Crippen LogP contribution in [0.3, 0.4) is 0 Å². The zero-order valence-corrected chi connectivity index (χ0v) is 7.52. The van der Waals surface area contributed by atoms with Crippen molar-refractivity contribution >= 4 is 5.84 Å². The van der Waals surface area contributed by atoms with Crippen LogP contribution in [0.25, 0.3) is 0 Å². The van der Waals surface area contributed by atoms with Gasteiger partial charge in [0.15, 0.2) is 5.84 Å². The molecule has 16 heavy (non-hydrogen) atoms. The third-order valence-electron chi connectivity index (χ3n) is 1.65. The minimum Gasteiger partial charge on any atom is -0.283 e. The van der Waals surface area contributed by atoms with Crippen LogP contribution in [0.2, 0.25) is 0 Å². The van der Waals surface area contributed by atoms with Crippen molar-refractivity contribution in [3.05, 3.63) is 24.1 Å². The molecule has 0 spiro atoms. The molecule has 0 bridgehead atoms. The van der Waals surface area contributed by atoms with Crippen molar-refractivity contribution in [2.24, 2.45) is 0 Å². The van der Waals surface area contributed by atoms with Gasteiger partial charge in [-0.15, -0.1) is 0 Å². The molecule has 1 aromatic heterocycles. The predicted molar refractivity (Wildman–Crippen MR) is 42.2 cm³/mol. The van der Waals surface area contributed by atoms with Gasteiger partial charge in [0.05, 0.1) is 6.20 Å². The van der Waals surface area contributed by atoms with Crippen LogP contribution in [-0.2, 0) is 0 Å². The summed E-state index contributed by atoms with van der Waals surface area (Å²) >= 11 is 0. The van der Waals surface area contributed by atoms with Gasteiger partial charge in [-0.05, 0) is 0 Å². The van der Waals surface area contributed by atoms with Crippen molar-refractivity contribution in [3.8, 4) is 0 Å². The number of alkyl halides is 5. The largest absolute Gasteiger partial charge is 0.461 e. The first-order valence-corrected chi connectivity index (χ1v) is 3.79. The highest BCUT2D eigenvalue weighted by Gasteiger charge is 2.61. The Bertz CT molecular complexity index is 460. The summed E-state index contributed by atoms with van der Waals surface area (Å²) in [5, 5.41) is 13.8. The van der Waals surface area contributed by atoms with Crippen LogP contribution in [0.15, 0.2) is 18.6 Å². The Morgan fingerprint density at radius 1 is 1.25 bits per heavy atom. The van der Waals surface area contributed by atoms with Crippen molar-refractivity contribution in [3.63, 3.8) is 0 Å². The van der Waals surface area contributed by atoms with E-state index in [1.807, 2.05) is 0 Å². The topological polar surface area (TPSA) is 65.5 Å². The van der Waals surface area contributed by atoms with Gasteiger partial charge in [0.1, 0.15) is 5.49 Å². The standard InChI is InChI=1S/C7H5F5N4/c8-6(9,7(10,11)12)5(14)16-2-1-15-3-4(16)13/h1-3,13-14H. The molecule has 0 aliphatic carbocycles. The summed E-state index contributed by atoms with van der Waals surface area (Å²) in [6.07, 6.45) is -3.53. The smallest absolute Gasteiger partial charge is 0.283 e. The van der Waals surface area contributed by atoms with E-state index in [-0.39, 0.29) is 4.57 Å². The van der Waals surface area contributed by atoms with E-state index in [0.29, 0.717) is 6.20 Å². The molecule has 2 N–H and O–H groups in total. The van der Waals surface area contributed by atoms with Gasteiger partial charge in [-0.2, -0.15) is 22.0 Å². The van der Waals surface area contributed by atoms with Crippen LogP contribution >= 0.6 is 0 Å². The van der Waals surface area contributed by atoms with Crippen LogP contribution in [0.4, 0.5) is 22.0 Å². The molecule has 0 saturated heterocycles. The van der Waals surface area contributed by atoms with E-state index >= 15 is 0 Å². The van der Waals surface area contributed by atoms with Gasteiger partial charge in [0, 0.05) is 12.4 Å². The van der Waals surface area contributed by atoms with Gasteiger partial charge >= 0.3 is 12.1 Å². The number of nitrogens with zero attached hydrogens (tertiary/aromatic N) is 2. The minimum absolute atomic E-state index is 0.0977. The molecule has 0 aromatic carbocycles. The molecule has 0 fully saturated rings. The summed E-state index contributed by atoms with van der Waals surface area (Å²) in [5.41, 5.74) is -0.739. The number of rotatable bonds is 1. The Balaban J connectivity index is 3.24. The first-order chi connectivity index (χ1) is 7.18. The summed E-state index contributed by atoms with van der Waals surface area (Å²) < 4.78 is 61.3. The highest BCUT2D eigenvalue weighted by molar-refractivity contribution is 5.88. The molecule has 0 aliphatic rings. The van der Waals surface area contributed by atoms with Crippen LogP contribution in [0, 0.1) is 10.8 Å². The lowest BCUT2D eigenvalue weighted by molar-refractivity contribution is -0.250. The van der Waals surface area contributed by atoms with Crippen LogP contribution < -0.4 is 5.49 Å². The third kappa shape index (κ3) is 1.92. The summed E-state index contributed by atoms with van der Waals surface area (Å²) in [5.74, 6) is -7.35. The zero-order chi connectivity index (χ0) is 12.6. The van der Waals surface area contributed by atoms with Crippen molar-refractivity contribution in [1.29, 1.82) is 10.8 Å². The first-order valence-electron chi connectivity index (χ1n) is 3.79. The van der Waals surface area contributed by atoms with Crippen LogP contribution in [-0.4, -0.2) is 27.5 Å². The zero-order valence-electron chi connectivity index (χ0n) is 7.52. The number of nitrogens with one attached hydrogen (secondary N) is 2. The highest BCUT2D eigenvalue weighted by Crippen LogP contribution is 2.36. The molecule has 88 valence electrons. The predicted octanol–water partition coefficient (Wildman–Crippen LogP) is 1.39. The van der Waals surface area contributed by atoms with Gasteiger partial charge in [0.25, 0.3) is 0 Å². The van der Waals surface area contributed by atoms with Gasteiger partial charge in [-0.25, -0.2) is 0 Å². The lowest BCUT2D eigenvalue weighted by Gasteiger charge is -2.21. The quantitative estimate of drug-likeness (QED) is 0.434. The highest BCUT2D eigenvalue weighted by atomic mass is 19.4. The molecule has 1 heterocycles. The first kappa shape index (κ1) is 12.3. The Hall–Kier alpha value is -1.80. The van der Waals surface area contributed by atoms with E-state index in [9.17, 15) is 22.0 Å². The second-order valence-electron chi connectivity index (χ2n) is 2.75. The maximum Gasteiger partial charge on any atom is 0.461 e. The molecule has 0 atom stereocenters. The Morgan fingerprint density at radius 2 is 1.81 bits per heavy atom. The van der Waals surface area contributed by atoms with Crippen molar-refractivity contribution in [2.75, 3.05) is 0 Å². The van der Waals surface area contributed by atoms with Gasteiger partial charge in [-0.1, -0.05) is 0 Å². The molecule has 0 unspecified atom stereocenters. The molecular weight excluding hydrogens is 235 g/mol. The molecule has 4 nitrogen and oxygen atoms in total. The van der Waals surface area contributed by atoms with Crippen molar-refractivity contribution in [1.82, 2.24) is 9.55 Å². The molecular formula is C7H5F5N4. The normalized spacial score (nSPS) is 12.6. The number of hydrogen-bond donors (Lipinski definition) is 2. The second kappa shape index (κ2) is 3.65. The number of hydrogen-bond acceptors (Lipinski definition) is 3. The van der Waals surface area contributed by atoms with E-state index in [0.717, 1.165) is 12.4 Å². The molecule has 0 radical (unpaired) electrons. The summed E-state index contributed by atoms with van der Waals surface area (Å²) in [6.45, 7) is 0. The fourth-order valence-electron chi connectivity index (χ4n) is 0.842. The molecule has 0 saturated carbocycles. The van der Waals surface area contributed by atoms with Gasteiger partial charge < -0.3 is 0 Å². The number of aromatic nitrogens is 2. The van der Waals surface area contributed by atoms with E-state index in [4.69, 9.17) is 10.8 Å². The van der Waals surface area contributed by atoms with E-state index in [2.05, 4.69) is 4.98 Å². The second-order valence-corrected chi connectivity index (χ2v) is 2.75. The summed E-state index contributed by atoms with van der Waals surface area (Å²) in [7, 11) is 0. The van der Waals surface area contributed by atoms with E-state index in [1.54, 1.807) is 0 Å². The lowest BCUT2D eigenvalue weighted by Crippen LogP contribution is -2.49. The van der Waals surface area contributed by atoms with Crippen molar-refractivity contribution in [2.45, 2.75) is 12.1 Å². The average molecular weight is 240 g/mol. The number of halogens is 5. The van der Waals surface area contributed by atoms with Crippen LogP contribution in [0.5, 0.6) is 0 Å². The fourth-order valence-corrected chi connectivity index (χ4v) is 0.842. The fraction of sp³-hybridized carbons (Fsp3) is 0.286. The monoisotopic (exact) mass is 240 g/mol. The lowest BCUT2D eigenvalue weighted by atomic mass is 10.3. The van der Waals surface area contributed by atoms with E-state index < -0.39 is 23.4 Å². The molecule has 9 heteroatoms. The van der Waals surface area contributed by atoms with E-state index in [1.165, 1.54) is 0 Å². The van der Waals surface area contributed by atoms with Gasteiger partial charge in [-0.3, -0.25) is 20.4 Å². The van der Waals surface area contributed by atoms with Crippen LogP contribution in [0.1, 0.15) is 0 Å². The summed E-state index contributed by atoms with van der Waals surface area (Å²) in [6, 6.07) is 0. The molecule has 1 rings (SSSR count). The Morgan fingerprint density at radius 3 is 2.25 bits per heavy atom. The van der Waals surface area contributed by atoms with Crippen molar-refractivity contribution < 1.29 is 22.0 Å². The molecule has 0 aliphatic heterocycles. The summed E-state index contributed by atoms with van der Waals surface area (Å²) in [4.78, 5) is 3.34. The Kier molecular flexibility index (Phi) is 2.80. The minimum atomic E-state index is -5.87. The van der Waals surface area contributed by atoms with Gasteiger partial charge in [0.2, 0.25) is 0 Å². The third-order valence-corrected chi connectivity index (χ3v) is 1.65. The average Bonchev–Trinajstić information content (AvgIpc) is 2.15. The molecule has 1 aromatic rings. The molecule has 0 amide bonds. The SMILES string of the molecule is N=C(n1ccncc1=N)C(F)(F)C(F)(F)F. The Labute approximate surface area is 85.4 Å². The maximum absolute atomic E-state index is 12.7. The maximum atomic E-state index is 12.7.